The lowest BCUT2D eigenvalue weighted by atomic mass is 10.0. The SMILES string of the molecule is N#CC1CCc2ccc(OC(F)(F)F)cc21. The molecular formula is C11H8F3NO. The van der Waals surface area contributed by atoms with Crippen LogP contribution in [0.15, 0.2) is 18.2 Å². The normalized spacial score (nSPS) is 19.0. The summed E-state index contributed by atoms with van der Waals surface area (Å²) >= 11 is 0. The van der Waals surface area contributed by atoms with Gasteiger partial charge in [0.1, 0.15) is 5.75 Å². The molecule has 5 heteroatoms. The van der Waals surface area contributed by atoms with Crippen LogP contribution in [-0.2, 0) is 6.42 Å². The van der Waals surface area contributed by atoms with Crippen molar-refractivity contribution in [3.63, 3.8) is 0 Å². The van der Waals surface area contributed by atoms with Gasteiger partial charge in [0.05, 0.1) is 12.0 Å². The van der Waals surface area contributed by atoms with Crippen molar-refractivity contribution in [2.24, 2.45) is 0 Å². The van der Waals surface area contributed by atoms with Gasteiger partial charge in [-0.3, -0.25) is 0 Å². The molecule has 1 aromatic carbocycles. The Kier molecular flexibility index (Phi) is 2.50. The number of ether oxygens (including phenoxy) is 1. The minimum absolute atomic E-state index is 0.256. The molecule has 0 fully saturated rings. The molecule has 0 amide bonds. The number of halogens is 3. The summed E-state index contributed by atoms with van der Waals surface area (Å²) in [7, 11) is 0. The van der Waals surface area contributed by atoms with E-state index in [2.05, 4.69) is 10.8 Å². The fourth-order valence-corrected chi connectivity index (χ4v) is 1.91. The van der Waals surface area contributed by atoms with Crippen molar-refractivity contribution in [2.45, 2.75) is 25.1 Å². The van der Waals surface area contributed by atoms with Crippen molar-refractivity contribution in [2.75, 3.05) is 0 Å². The van der Waals surface area contributed by atoms with Gasteiger partial charge in [0.2, 0.25) is 0 Å². The number of nitriles is 1. The number of aryl methyl sites for hydroxylation is 1. The van der Waals surface area contributed by atoms with E-state index in [9.17, 15) is 13.2 Å². The second-order valence-electron chi connectivity index (χ2n) is 3.63. The molecule has 16 heavy (non-hydrogen) atoms. The van der Waals surface area contributed by atoms with Crippen molar-refractivity contribution >= 4 is 0 Å². The Bertz CT molecular complexity index is 448. The highest BCUT2D eigenvalue weighted by molar-refractivity contribution is 5.43. The summed E-state index contributed by atoms with van der Waals surface area (Å²) < 4.78 is 39.8. The maximum Gasteiger partial charge on any atom is 0.573 e. The van der Waals surface area contributed by atoms with E-state index in [4.69, 9.17) is 5.26 Å². The summed E-state index contributed by atoms with van der Waals surface area (Å²) in [5.41, 5.74) is 1.59. The van der Waals surface area contributed by atoms with Crippen molar-refractivity contribution in [3.8, 4) is 11.8 Å². The molecule has 1 aliphatic rings. The van der Waals surface area contributed by atoms with Crippen LogP contribution in [0.25, 0.3) is 0 Å². The summed E-state index contributed by atoms with van der Waals surface area (Å²) in [6.07, 6.45) is -3.28. The second kappa shape index (κ2) is 3.71. The van der Waals surface area contributed by atoms with E-state index >= 15 is 0 Å². The molecule has 0 aromatic heterocycles. The first kappa shape index (κ1) is 10.8. The minimum atomic E-state index is -4.69. The van der Waals surface area contributed by atoms with Gasteiger partial charge < -0.3 is 4.74 Å². The van der Waals surface area contributed by atoms with Gasteiger partial charge in [0, 0.05) is 0 Å². The molecule has 1 unspecified atom stereocenters. The molecule has 0 heterocycles. The standard InChI is InChI=1S/C11H8F3NO/c12-11(13,14)16-9-4-3-7-1-2-8(6-15)10(7)5-9/h3-5,8H,1-2H2. The van der Waals surface area contributed by atoms with Crippen LogP contribution in [0.5, 0.6) is 5.75 Å². The number of benzene rings is 1. The monoisotopic (exact) mass is 227 g/mol. The van der Waals surface area contributed by atoms with Crippen LogP contribution < -0.4 is 4.74 Å². The quantitative estimate of drug-likeness (QED) is 0.738. The highest BCUT2D eigenvalue weighted by atomic mass is 19.4. The molecular weight excluding hydrogens is 219 g/mol. The largest absolute Gasteiger partial charge is 0.573 e. The van der Waals surface area contributed by atoms with Gasteiger partial charge in [-0.05, 0) is 36.1 Å². The van der Waals surface area contributed by atoms with Crippen LogP contribution in [0.1, 0.15) is 23.5 Å². The van der Waals surface area contributed by atoms with Gasteiger partial charge in [-0.2, -0.15) is 5.26 Å². The number of hydrogen-bond donors (Lipinski definition) is 0. The Balaban J connectivity index is 2.29. The molecule has 1 aliphatic carbocycles. The van der Waals surface area contributed by atoms with E-state index in [1.807, 2.05) is 0 Å². The molecule has 0 N–H and O–H groups in total. The van der Waals surface area contributed by atoms with Crippen LogP contribution >= 0.6 is 0 Å². The molecule has 0 radical (unpaired) electrons. The van der Waals surface area contributed by atoms with Crippen LogP contribution in [-0.4, -0.2) is 6.36 Å². The lowest BCUT2D eigenvalue weighted by Crippen LogP contribution is -2.17. The van der Waals surface area contributed by atoms with Crippen LogP contribution in [0.3, 0.4) is 0 Å². The van der Waals surface area contributed by atoms with E-state index in [1.54, 1.807) is 6.07 Å². The van der Waals surface area contributed by atoms with E-state index < -0.39 is 6.36 Å². The van der Waals surface area contributed by atoms with Gasteiger partial charge >= 0.3 is 6.36 Å². The Hall–Kier alpha value is -1.70. The maximum atomic E-state index is 12.0. The molecule has 0 spiro atoms. The van der Waals surface area contributed by atoms with E-state index in [0.29, 0.717) is 12.0 Å². The van der Waals surface area contributed by atoms with Gasteiger partial charge in [0.15, 0.2) is 0 Å². The Morgan fingerprint density at radius 1 is 1.38 bits per heavy atom. The van der Waals surface area contributed by atoms with Crippen LogP contribution in [0.2, 0.25) is 0 Å². The Morgan fingerprint density at radius 3 is 2.75 bits per heavy atom. The topological polar surface area (TPSA) is 33.0 Å². The smallest absolute Gasteiger partial charge is 0.406 e. The molecule has 2 nitrogen and oxygen atoms in total. The first-order valence-corrected chi connectivity index (χ1v) is 4.78. The second-order valence-corrected chi connectivity index (χ2v) is 3.63. The van der Waals surface area contributed by atoms with E-state index in [0.717, 1.165) is 12.0 Å². The number of nitrogens with zero attached hydrogens (tertiary/aromatic N) is 1. The number of hydrogen-bond acceptors (Lipinski definition) is 2. The maximum absolute atomic E-state index is 12.0. The Morgan fingerprint density at radius 2 is 2.12 bits per heavy atom. The van der Waals surface area contributed by atoms with Gasteiger partial charge in [-0.15, -0.1) is 13.2 Å². The third-order valence-corrected chi connectivity index (χ3v) is 2.58. The van der Waals surface area contributed by atoms with Crippen molar-refractivity contribution in [1.29, 1.82) is 5.26 Å². The summed E-state index contributed by atoms with van der Waals surface area (Å²) in [5, 5.41) is 8.82. The van der Waals surface area contributed by atoms with Gasteiger partial charge in [-0.1, -0.05) is 6.07 Å². The molecule has 0 saturated carbocycles. The number of fused-ring (bicyclic) bond motifs is 1. The first-order chi connectivity index (χ1) is 7.49. The summed E-state index contributed by atoms with van der Waals surface area (Å²) in [5.74, 6) is -0.569. The predicted octanol–water partition coefficient (Wildman–Crippen LogP) is 3.14. The van der Waals surface area contributed by atoms with Crippen molar-refractivity contribution in [3.05, 3.63) is 29.3 Å². The summed E-state index contributed by atoms with van der Waals surface area (Å²) in [6.45, 7) is 0. The van der Waals surface area contributed by atoms with Crippen molar-refractivity contribution < 1.29 is 17.9 Å². The zero-order valence-electron chi connectivity index (χ0n) is 8.21. The predicted molar refractivity (Wildman–Crippen MR) is 49.8 cm³/mol. The van der Waals surface area contributed by atoms with Crippen molar-refractivity contribution in [1.82, 2.24) is 0 Å². The van der Waals surface area contributed by atoms with Gasteiger partial charge in [-0.25, -0.2) is 0 Å². The minimum Gasteiger partial charge on any atom is -0.406 e. The van der Waals surface area contributed by atoms with E-state index in [-0.39, 0.29) is 11.7 Å². The molecule has 1 atom stereocenters. The molecule has 1 aromatic rings. The average molecular weight is 227 g/mol. The first-order valence-electron chi connectivity index (χ1n) is 4.78. The summed E-state index contributed by atoms with van der Waals surface area (Å²) in [4.78, 5) is 0. The van der Waals surface area contributed by atoms with Crippen LogP contribution in [0, 0.1) is 11.3 Å². The molecule has 84 valence electrons. The third kappa shape index (κ3) is 2.11. The summed E-state index contributed by atoms with van der Waals surface area (Å²) in [6, 6.07) is 6.26. The zero-order chi connectivity index (χ0) is 11.8. The lowest BCUT2D eigenvalue weighted by Gasteiger charge is -2.10. The molecule has 0 bridgehead atoms. The Labute approximate surface area is 90.3 Å². The number of alkyl halides is 3. The highest BCUT2D eigenvalue weighted by Crippen LogP contribution is 2.36. The number of rotatable bonds is 1. The van der Waals surface area contributed by atoms with E-state index in [1.165, 1.54) is 12.1 Å². The lowest BCUT2D eigenvalue weighted by molar-refractivity contribution is -0.274. The third-order valence-electron chi connectivity index (χ3n) is 2.58. The van der Waals surface area contributed by atoms with Crippen LogP contribution in [0.4, 0.5) is 13.2 Å². The zero-order valence-corrected chi connectivity index (χ0v) is 8.21. The average Bonchev–Trinajstić information content (AvgIpc) is 2.57. The van der Waals surface area contributed by atoms with Gasteiger partial charge in [0.25, 0.3) is 0 Å². The molecule has 2 rings (SSSR count). The highest BCUT2D eigenvalue weighted by Gasteiger charge is 2.32. The fraction of sp³-hybridized carbons (Fsp3) is 0.364. The molecule has 0 saturated heterocycles. The fourth-order valence-electron chi connectivity index (χ4n) is 1.91. The molecule has 0 aliphatic heterocycles.